The lowest BCUT2D eigenvalue weighted by atomic mass is 10.2. The number of benzene rings is 1. The molecule has 0 spiro atoms. The molecular formula is C13H15ClN2O3S. The SMILES string of the molecule is O=C(CC1CSCCN1)Nc1ccc(Cl)c(C(=O)O)c1. The number of aromatic carboxylic acids is 1. The van der Waals surface area contributed by atoms with E-state index in [4.69, 9.17) is 16.7 Å². The highest BCUT2D eigenvalue weighted by atomic mass is 35.5. The van der Waals surface area contributed by atoms with Crippen LogP contribution in [0.4, 0.5) is 5.69 Å². The van der Waals surface area contributed by atoms with Crippen LogP contribution in [0.25, 0.3) is 0 Å². The van der Waals surface area contributed by atoms with Gasteiger partial charge in [-0.15, -0.1) is 0 Å². The quantitative estimate of drug-likeness (QED) is 0.793. The number of rotatable bonds is 4. The maximum absolute atomic E-state index is 11.9. The Bertz CT molecular complexity index is 518. The zero-order valence-electron chi connectivity index (χ0n) is 10.7. The summed E-state index contributed by atoms with van der Waals surface area (Å²) in [6.45, 7) is 0.909. The van der Waals surface area contributed by atoms with E-state index in [0.29, 0.717) is 12.1 Å². The van der Waals surface area contributed by atoms with Crippen molar-refractivity contribution in [2.75, 3.05) is 23.4 Å². The second-order valence-electron chi connectivity index (χ2n) is 4.48. The normalized spacial score (nSPS) is 18.6. The molecular weight excluding hydrogens is 300 g/mol. The first-order valence-electron chi connectivity index (χ1n) is 6.20. The average molecular weight is 315 g/mol. The van der Waals surface area contributed by atoms with Crippen molar-refractivity contribution in [1.29, 1.82) is 0 Å². The minimum Gasteiger partial charge on any atom is -0.478 e. The standard InChI is InChI=1S/C13H15ClN2O3S/c14-11-2-1-8(5-10(11)13(18)19)16-12(17)6-9-7-20-4-3-15-9/h1-2,5,9,15H,3-4,6-7H2,(H,16,17)(H,18,19). The number of carbonyl (C=O) groups is 2. The minimum atomic E-state index is -1.11. The van der Waals surface area contributed by atoms with E-state index in [9.17, 15) is 9.59 Å². The van der Waals surface area contributed by atoms with Crippen LogP contribution in [0.15, 0.2) is 18.2 Å². The van der Waals surface area contributed by atoms with E-state index in [1.165, 1.54) is 12.1 Å². The van der Waals surface area contributed by atoms with Gasteiger partial charge in [-0.3, -0.25) is 4.79 Å². The molecule has 1 saturated heterocycles. The fourth-order valence-electron chi connectivity index (χ4n) is 1.95. The van der Waals surface area contributed by atoms with Crippen LogP contribution in [-0.2, 0) is 4.79 Å². The monoisotopic (exact) mass is 314 g/mol. The van der Waals surface area contributed by atoms with Crippen LogP contribution in [0.2, 0.25) is 5.02 Å². The number of carboxylic acid groups (broad SMARTS) is 1. The van der Waals surface area contributed by atoms with Gasteiger partial charge in [0.15, 0.2) is 0 Å². The lowest BCUT2D eigenvalue weighted by Gasteiger charge is -2.22. The van der Waals surface area contributed by atoms with Crippen LogP contribution in [-0.4, -0.2) is 41.1 Å². The van der Waals surface area contributed by atoms with E-state index >= 15 is 0 Å². The Morgan fingerprint density at radius 2 is 2.30 bits per heavy atom. The van der Waals surface area contributed by atoms with E-state index in [2.05, 4.69) is 10.6 Å². The third-order valence-corrected chi connectivity index (χ3v) is 4.37. The number of carboxylic acids is 1. The summed E-state index contributed by atoms with van der Waals surface area (Å²) in [4.78, 5) is 22.9. The summed E-state index contributed by atoms with van der Waals surface area (Å²) in [6, 6.07) is 4.59. The number of anilines is 1. The number of thioether (sulfide) groups is 1. The minimum absolute atomic E-state index is 0.0178. The molecule has 1 atom stereocenters. The van der Waals surface area contributed by atoms with Crippen molar-refractivity contribution in [3.8, 4) is 0 Å². The highest BCUT2D eigenvalue weighted by Crippen LogP contribution is 2.21. The summed E-state index contributed by atoms with van der Waals surface area (Å²) in [6.07, 6.45) is 0.373. The first kappa shape index (κ1) is 15.2. The van der Waals surface area contributed by atoms with Gasteiger partial charge in [0, 0.05) is 36.2 Å². The summed E-state index contributed by atoms with van der Waals surface area (Å²) in [5.41, 5.74) is 0.427. The molecule has 1 aliphatic heterocycles. The second kappa shape index (κ2) is 6.97. The molecule has 0 radical (unpaired) electrons. The lowest BCUT2D eigenvalue weighted by Crippen LogP contribution is -2.39. The molecule has 0 bridgehead atoms. The maximum atomic E-state index is 11.9. The van der Waals surface area contributed by atoms with Gasteiger partial charge in [-0.2, -0.15) is 11.8 Å². The fourth-order valence-corrected chi connectivity index (χ4v) is 3.10. The average Bonchev–Trinajstić information content (AvgIpc) is 2.41. The molecule has 7 heteroatoms. The Hall–Kier alpha value is -1.24. The van der Waals surface area contributed by atoms with Crippen molar-refractivity contribution < 1.29 is 14.7 Å². The molecule has 1 heterocycles. The number of carbonyl (C=O) groups excluding carboxylic acids is 1. The van der Waals surface area contributed by atoms with Gasteiger partial charge in [0.25, 0.3) is 0 Å². The van der Waals surface area contributed by atoms with Crippen molar-refractivity contribution >= 4 is 40.9 Å². The van der Waals surface area contributed by atoms with Crippen LogP contribution >= 0.6 is 23.4 Å². The molecule has 1 aromatic rings. The predicted molar refractivity (Wildman–Crippen MR) is 80.8 cm³/mol. The molecule has 3 N–H and O–H groups in total. The zero-order valence-corrected chi connectivity index (χ0v) is 12.3. The molecule has 2 rings (SSSR count). The lowest BCUT2D eigenvalue weighted by molar-refractivity contribution is -0.116. The first-order chi connectivity index (χ1) is 9.56. The van der Waals surface area contributed by atoms with Gasteiger partial charge in [0.05, 0.1) is 10.6 Å². The smallest absolute Gasteiger partial charge is 0.337 e. The molecule has 0 aliphatic carbocycles. The number of nitrogens with one attached hydrogen (secondary N) is 2. The summed E-state index contributed by atoms with van der Waals surface area (Å²) in [5.74, 6) is 0.728. The number of hydrogen-bond acceptors (Lipinski definition) is 4. The van der Waals surface area contributed by atoms with Crippen molar-refractivity contribution in [2.45, 2.75) is 12.5 Å². The van der Waals surface area contributed by atoms with Gasteiger partial charge in [-0.1, -0.05) is 11.6 Å². The summed E-state index contributed by atoms with van der Waals surface area (Å²) in [7, 11) is 0. The van der Waals surface area contributed by atoms with Gasteiger partial charge >= 0.3 is 5.97 Å². The van der Waals surface area contributed by atoms with Crippen LogP contribution in [0.1, 0.15) is 16.8 Å². The van der Waals surface area contributed by atoms with Gasteiger partial charge in [0.2, 0.25) is 5.91 Å². The Balaban J connectivity index is 1.96. The Morgan fingerprint density at radius 1 is 1.50 bits per heavy atom. The van der Waals surface area contributed by atoms with E-state index in [1.54, 1.807) is 6.07 Å². The Kier molecular flexibility index (Phi) is 5.28. The Morgan fingerprint density at radius 3 is 2.95 bits per heavy atom. The van der Waals surface area contributed by atoms with Crippen molar-refractivity contribution in [3.63, 3.8) is 0 Å². The molecule has 0 saturated carbocycles. The van der Waals surface area contributed by atoms with Crippen LogP contribution in [0, 0.1) is 0 Å². The van der Waals surface area contributed by atoms with Gasteiger partial charge in [0.1, 0.15) is 0 Å². The van der Waals surface area contributed by atoms with Crippen LogP contribution in [0.3, 0.4) is 0 Å². The molecule has 0 aromatic heterocycles. The Labute approximate surface area is 126 Å². The molecule has 1 aromatic carbocycles. The highest BCUT2D eigenvalue weighted by molar-refractivity contribution is 7.99. The number of hydrogen-bond donors (Lipinski definition) is 3. The van der Waals surface area contributed by atoms with Crippen LogP contribution < -0.4 is 10.6 Å². The molecule has 1 aliphatic rings. The van der Waals surface area contributed by atoms with Crippen molar-refractivity contribution in [1.82, 2.24) is 5.32 Å². The first-order valence-corrected chi connectivity index (χ1v) is 7.73. The van der Waals surface area contributed by atoms with Gasteiger partial charge in [-0.25, -0.2) is 4.79 Å². The van der Waals surface area contributed by atoms with E-state index in [1.807, 2.05) is 11.8 Å². The van der Waals surface area contributed by atoms with E-state index in [0.717, 1.165) is 18.1 Å². The molecule has 5 nitrogen and oxygen atoms in total. The zero-order chi connectivity index (χ0) is 14.5. The van der Waals surface area contributed by atoms with Gasteiger partial charge in [-0.05, 0) is 18.2 Å². The van der Waals surface area contributed by atoms with Gasteiger partial charge < -0.3 is 15.7 Å². The molecule has 1 fully saturated rings. The van der Waals surface area contributed by atoms with E-state index in [-0.39, 0.29) is 22.5 Å². The maximum Gasteiger partial charge on any atom is 0.337 e. The van der Waals surface area contributed by atoms with Crippen molar-refractivity contribution in [3.05, 3.63) is 28.8 Å². The number of amides is 1. The third-order valence-electron chi connectivity index (χ3n) is 2.91. The van der Waals surface area contributed by atoms with Crippen LogP contribution in [0.5, 0.6) is 0 Å². The number of halogens is 1. The summed E-state index contributed by atoms with van der Waals surface area (Å²) >= 11 is 7.60. The largest absolute Gasteiger partial charge is 0.478 e. The predicted octanol–water partition coefficient (Wildman–Crippen LogP) is 2.07. The summed E-state index contributed by atoms with van der Waals surface area (Å²) in [5, 5.41) is 15.1. The molecule has 108 valence electrons. The third kappa shape index (κ3) is 4.13. The fraction of sp³-hybridized carbons (Fsp3) is 0.385. The van der Waals surface area contributed by atoms with E-state index < -0.39 is 5.97 Å². The summed E-state index contributed by atoms with van der Waals surface area (Å²) < 4.78 is 0. The molecule has 1 unspecified atom stereocenters. The molecule has 20 heavy (non-hydrogen) atoms. The second-order valence-corrected chi connectivity index (χ2v) is 6.04. The van der Waals surface area contributed by atoms with Crippen molar-refractivity contribution in [2.24, 2.45) is 0 Å². The molecule has 1 amide bonds. The highest BCUT2D eigenvalue weighted by Gasteiger charge is 2.17. The topological polar surface area (TPSA) is 78.4 Å².